The Morgan fingerprint density at radius 1 is 0.922 bits per heavy atom. The fourth-order valence-corrected chi connectivity index (χ4v) is 8.07. The molecule has 2 aromatic heterocycles. The van der Waals surface area contributed by atoms with E-state index in [9.17, 15) is 23.1 Å². The van der Waals surface area contributed by atoms with E-state index in [0.29, 0.717) is 21.9 Å². The van der Waals surface area contributed by atoms with Crippen molar-refractivity contribution in [1.29, 1.82) is 0 Å². The number of allylic oxidation sites excluding steroid dienone is 2. The maximum atomic E-state index is 14.3. The van der Waals surface area contributed by atoms with E-state index >= 15 is 0 Å². The number of aliphatic hydroxyl groups is 1. The summed E-state index contributed by atoms with van der Waals surface area (Å²) in [5.41, 5.74) is 3.93. The van der Waals surface area contributed by atoms with Crippen molar-refractivity contribution in [2.45, 2.75) is 125 Å². The normalized spacial score (nSPS) is 14.5. The number of thiophene rings is 1. The van der Waals surface area contributed by atoms with Gasteiger partial charge >= 0.3 is 6.18 Å². The molecule has 1 aliphatic rings. The van der Waals surface area contributed by atoms with Crippen LogP contribution < -0.4 is 0 Å². The molecule has 1 fully saturated rings. The molecule has 0 bridgehead atoms. The number of benzene rings is 2. The Balaban J connectivity index is 0.000000335. The SMILES string of the molecule is CCC(C)(CC)C(=O)/C=C(\O)C(C)(CC)CC.Cc1[c-]c(-c2nccc3c(C(F)(F)F)c(-c4ccc(C5CCCCC5)cc4)sc23)cc(C)c1.[Ir]. The summed E-state index contributed by atoms with van der Waals surface area (Å²) >= 11 is 1.18. The first kappa shape index (κ1) is 42.6. The molecule has 0 amide bonds. The Morgan fingerprint density at radius 2 is 1.51 bits per heavy atom. The van der Waals surface area contributed by atoms with E-state index in [0.717, 1.165) is 55.2 Å². The average molecular weight is 897 g/mol. The van der Waals surface area contributed by atoms with Gasteiger partial charge in [0.05, 0.1) is 5.56 Å². The molecule has 1 N–H and O–H groups in total. The summed E-state index contributed by atoms with van der Waals surface area (Å²) in [6, 6.07) is 16.4. The van der Waals surface area contributed by atoms with Gasteiger partial charge in [0.25, 0.3) is 0 Å². The number of alkyl halides is 3. The number of aromatic nitrogens is 1. The largest absolute Gasteiger partial charge is 0.512 e. The third kappa shape index (κ3) is 9.80. The fraction of sp³-hybridized carbons (Fsp3) is 0.488. The Morgan fingerprint density at radius 3 is 2.04 bits per heavy atom. The van der Waals surface area contributed by atoms with Gasteiger partial charge in [-0.05, 0) is 67.0 Å². The van der Waals surface area contributed by atoms with Crippen LogP contribution in [0.1, 0.15) is 128 Å². The van der Waals surface area contributed by atoms with Crippen molar-refractivity contribution in [3.05, 3.63) is 88.8 Å². The summed E-state index contributed by atoms with van der Waals surface area (Å²) in [6.07, 6.45) is 7.83. The van der Waals surface area contributed by atoms with Crippen LogP contribution in [0.4, 0.5) is 13.2 Å². The van der Waals surface area contributed by atoms with Crippen molar-refractivity contribution in [3.8, 4) is 21.7 Å². The van der Waals surface area contributed by atoms with Crippen LogP contribution in [-0.2, 0) is 31.1 Å². The number of hydrogen-bond acceptors (Lipinski definition) is 4. The molecule has 5 rings (SSSR count). The van der Waals surface area contributed by atoms with Crippen molar-refractivity contribution in [1.82, 2.24) is 4.98 Å². The van der Waals surface area contributed by atoms with E-state index in [1.807, 2.05) is 91.8 Å². The number of fused-ring (bicyclic) bond motifs is 1. The first-order valence-corrected chi connectivity index (χ1v) is 19.0. The fourth-order valence-electron chi connectivity index (χ4n) is 6.75. The van der Waals surface area contributed by atoms with Crippen LogP contribution in [0.2, 0.25) is 0 Å². The monoisotopic (exact) mass is 897 g/mol. The van der Waals surface area contributed by atoms with Gasteiger partial charge in [0.2, 0.25) is 0 Å². The number of rotatable bonds is 10. The van der Waals surface area contributed by atoms with Crippen molar-refractivity contribution in [3.63, 3.8) is 0 Å². The van der Waals surface area contributed by atoms with Crippen molar-refractivity contribution >= 4 is 27.2 Å². The van der Waals surface area contributed by atoms with Gasteiger partial charge in [0.15, 0.2) is 5.78 Å². The number of aryl methyl sites for hydroxylation is 2. The molecule has 2 aromatic carbocycles. The molecule has 0 saturated heterocycles. The molecule has 2 heterocycles. The Kier molecular flexibility index (Phi) is 14.9. The number of nitrogens with zero attached hydrogens (tertiary/aromatic N) is 1. The summed E-state index contributed by atoms with van der Waals surface area (Å²) < 4.78 is 43.5. The third-order valence-corrected chi connectivity index (χ3v) is 12.4. The first-order valence-electron chi connectivity index (χ1n) is 18.2. The van der Waals surface area contributed by atoms with Gasteiger partial charge in [-0.2, -0.15) is 13.2 Å². The molecular weight excluding hydrogens is 844 g/mol. The van der Waals surface area contributed by atoms with Crippen LogP contribution in [-0.4, -0.2) is 15.9 Å². The van der Waals surface area contributed by atoms with E-state index in [4.69, 9.17) is 0 Å². The summed E-state index contributed by atoms with van der Waals surface area (Å²) in [7, 11) is 0. The Hall–Kier alpha value is -2.80. The average Bonchev–Trinajstić information content (AvgIpc) is 3.52. The minimum absolute atomic E-state index is 0. The predicted molar refractivity (Wildman–Crippen MR) is 203 cm³/mol. The van der Waals surface area contributed by atoms with E-state index in [2.05, 4.69) is 11.1 Å². The van der Waals surface area contributed by atoms with E-state index in [1.165, 1.54) is 54.5 Å². The molecule has 279 valence electrons. The molecule has 4 aromatic rings. The number of halogens is 3. The van der Waals surface area contributed by atoms with E-state index in [1.54, 1.807) is 0 Å². The third-order valence-electron chi connectivity index (χ3n) is 11.1. The Bertz CT molecular complexity index is 1770. The van der Waals surface area contributed by atoms with Crippen LogP contribution in [0, 0.1) is 30.7 Å². The topological polar surface area (TPSA) is 50.2 Å². The second-order valence-electron chi connectivity index (χ2n) is 14.5. The van der Waals surface area contributed by atoms with Crippen LogP contribution in [0.25, 0.3) is 31.8 Å². The molecule has 0 aliphatic heterocycles. The van der Waals surface area contributed by atoms with Gasteiger partial charge in [-0.15, -0.1) is 46.2 Å². The second-order valence-corrected chi connectivity index (χ2v) is 15.5. The molecule has 51 heavy (non-hydrogen) atoms. The van der Waals surface area contributed by atoms with Crippen molar-refractivity contribution in [2.24, 2.45) is 10.8 Å². The molecule has 8 heteroatoms. The standard InChI is InChI=1S/C28H25F3NS.C15H28O2.Ir/c1-17-14-18(2)16-22(15-17)25-27-23(12-13-32-25)24(28(29,30)31)26(33-27)21-10-8-20(9-11-21)19-6-4-3-5-7-19;1-7-14(5,8-2)12(16)11-13(17)15(6,9-3)10-4;/h8-15,19H,3-7H2,1-2H3;11,16H,7-10H2,1-6H3;/q-1;;/b;12-11-;. The molecule has 3 nitrogen and oxygen atoms in total. The minimum atomic E-state index is -4.46. The molecule has 0 unspecified atom stereocenters. The zero-order chi connectivity index (χ0) is 36.9. The molecule has 1 saturated carbocycles. The van der Waals surface area contributed by atoms with Gasteiger partial charge in [-0.25, -0.2) is 0 Å². The van der Waals surface area contributed by atoms with Crippen LogP contribution in [0.3, 0.4) is 0 Å². The summed E-state index contributed by atoms with van der Waals surface area (Å²) in [5.74, 6) is 0.807. The van der Waals surface area contributed by atoms with Gasteiger partial charge in [-0.1, -0.05) is 98.9 Å². The first-order chi connectivity index (χ1) is 23.6. The van der Waals surface area contributed by atoms with Crippen LogP contribution in [0.15, 0.2) is 60.5 Å². The summed E-state index contributed by atoms with van der Waals surface area (Å²) in [5, 5.41) is 10.3. The number of hydrogen-bond donors (Lipinski definition) is 1. The molecular formula is C43H53F3IrNO2S-. The van der Waals surface area contributed by atoms with Crippen molar-refractivity contribution in [2.75, 3.05) is 0 Å². The van der Waals surface area contributed by atoms with E-state index in [-0.39, 0.29) is 52.7 Å². The van der Waals surface area contributed by atoms with Crippen LogP contribution in [0.5, 0.6) is 0 Å². The minimum Gasteiger partial charge on any atom is -0.512 e. The number of carbonyl (C=O) groups excluding carboxylic acids is 1. The maximum absolute atomic E-state index is 14.3. The number of carbonyl (C=O) groups is 1. The molecule has 0 atom stereocenters. The maximum Gasteiger partial charge on any atom is 0.418 e. The molecule has 1 radical (unpaired) electrons. The van der Waals surface area contributed by atoms with Gasteiger partial charge < -0.3 is 10.1 Å². The van der Waals surface area contributed by atoms with Crippen LogP contribution >= 0.6 is 11.3 Å². The smallest absolute Gasteiger partial charge is 0.418 e. The second kappa shape index (κ2) is 17.8. The predicted octanol–water partition coefficient (Wildman–Crippen LogP) is 13.8. The molecule has 0 spiro atoms. The summed E-state index contributed by atoms with van der Waals surface area (Å²) in [6.45, 7) is 16.0. The van der Waals surface area contributed by atoms with Gasteiger partial charge in [-0.3, -0.25) is 4.79 Å². The van der Waals surface area contributed by atoms with Gasteiger partial charge in [0, 0.05) is 58.5 Å². The summed E-state index contributed by atoms with van der Waals surface area (Å²) in [4.78, 5) is 16.9. The number of aliphatic hydroxyl groups excluding tert-OH is 1. The zero-order valence-corrected chi connectivity index (χ0v) is 34.5. The van der Waals surface area contributed by atoms with E-state index < -0.39 is 11.7 Å². The number of pyridine rings is 1. The van der Waals surface area contributed by atoms with Crippen molar-refractivity contribution < 1.29 is 43.2 Å². The number of ketones is 1. The quantitative estimate of drug-likeness (QED) is 0.0980. The zero-order valence-electron chi connectivity index (χ0n) is 31.3. The Labute approximate surface area is 320 Å². The molecule has 1 aliphatic carbocycles. The van der Waals surface area contributed by atoms with Gasteiger partial charge in [0.1, 0.15) is 5.76 Å².